The third kappa shape index (κ3) is 1.69. The highest BCUT2D eigenvalue weighted by Crippen LogP contribution is 2.57. The van der Waals surface area contributed by atoms with Gasteiger partial charge in [-0.05, 0) is 30.6 Å². The molecule has 0 saturated heterocycles. The number of Topliss-reactive ketones (excluding diaryl/α,β-unsaturated/α-hetero) is 1. The predicted octanol–water partition coefficient (Wildman–Crippen LogP) is 3.95. The van der Waals surface area contributed by atoms with E-state index in [9.17, 15) is 4.79 Å². The Bertz CT molecular complexity index is 284. The van der Waals surface area contributed by atoms with Gasteiger partial charge in [0.05, 0.1) is 4.83 Å². The van der Waals surface area contributed by atoms with E-state index in [1.807, 2.05) is 0 Å². The van der Waals surface area contributed by atoms with E-state index in [-0.39, 0.29) is 10.2 Å². The standard InChI is InChI=1S/C13H21BrO/c1-12(2)10-6-4-5-7-13(10,3)8-9(14)11(12)15/h9-10H,4-8H2,1-3H3/t9-,10?,13-/m0/s1. The molecule has 0 radical (unpaired) electrons. The number of hydrogen-bond acceptors (Lipinski definition) is 1. The normalized spacial score (nSPS) is 44.9. The highest BCUT2D eigenvalue weighted by molar-refractivity contribution is 9.10. The minimum Gasteiger partial charge on any atom is -0.298 e. The van der Waals surface area contributed by atoms with Crippen LogP contribution in [0.1, 0.15) is 52.9 Å². The number of ketones is 1. The van der Waals surface area contributed by atoms with Gasteiger partial charge in [-0.1, -0.05) is 49.5 Å². The average molecular weight is 273 g/mol. The van der Waals surface area contributed by atoms with Crippen LogP contribution < -0.4 is 0 Å². The topological polar surface area (TPSA) is 17.1 Å². The van der Waals surface area contributed by atoms with Crippen LogP contribution in [0.5, 0.6) is 0 Å². The Balaban J connectivity index is 2.35. The molecule has 0 spiro atoms. The zero-order chi connectivity index (χ0) is 11.3. The highest BCUT2D eigenvalue weighted by atomic mass is 79.9. The molecule has 2 aliphatic rings. The van der Waals surface area contributed by atoms with Crippen LogP contribution in [-0.4, -0.2) is 10.6 Å². The second-order valence-electron chi connectivity index (χ2n) is 6.21. The molecule has 0 N–H and O–H groups in total. The van der Waals surface area contributed by atoms with Gasteiger partial charge in [-0.3, -0.25) is 4.79 Å². The van der Waals surface area contributed by atoms with Gasteiger partial charge in [0.25, 0.3) is 0 Å². The average Bonchev–Trinajstić information content (AvgIpc) is 2.14. The molecule has 0 heterocycles. The summed E-state index contributed by atoms with van der Waals surface area (Å²) in [5, 5.41) is 0. The highest BCUT2D eigenvalue weighted by Gasteiger charge is 2.54. The summed E-state index contributed by atoms with van der Waals surface area (Å²) in [6.07, 6.45) is 6.24. The van der Waals surface area contributed by atoms with E-state index >= 15 is 0 Å². The maximum Gasteiger partial charge on any atom is 0.152 e. The molecule has 0 aromatic carbocycles. The fraction of sp³-hybridized carbons (Fsp3) is 0.923. The van der Waals surface area contributed by atoms with Crippen LogP contribution in [0.4, 0.5) is 0 Å². The lowest BCUT2D eigenvalue weighted by Crippen LogP contribution is -2.53. The lowest BCUT2D eigenvalue weighted by molar-refractivity contribution is -0.141. The lowest BCUT2D eigenvalue weighted by Gasteiger charge is -2.54. The molecule has 0 aromatic heterocycles. The molecule has 86 valence electrons. The van der Waals surface area contributed by atoms with Crippen molar-refractivity contribution in [2.75, 3.05) is 0 Å². The molecule has 0 aliphatic heterocycles. The van der Waals surface area contributed by atoms with Crippen LogP contribution >= 0.6 is 15.9 Å². The maximum absolute atomic E-state index is 12.2. The number of rotatable bonds is 0. The SMILES string of the molecule is CC1(C)C(=O)[C@@H](Br)C[C@]2(C)CCCCC12. The van der Waals surface area contributed by atoms with Crippen molar-refractivity contribution in [1.82, 2.24) is 0 Å². The predicted molar refractivity (Wildman–Crippen MR) is 66.2 cm³/mol. The molecule has 0 bridgehead atoms. The molecular weight excluding hydrogens is 252 g/mol. The summed E-state index contributed by atoms with van der Waals surface area (Å²) >= 11 is 3.58. The van der Waals surface area contributed by atoms with Crippen molar-refractivity contribution in [1.29, 1.82) is 0 Å². The van der Waals surface area contributed by atoms with Crippen molar-refractivity contribution in [3.8, 4) is 0 Å². The van der Waals surface area contributed by atoms with Crippen LogP contribution in [0.3, 0.4) is 0 Å². The molecule has 2 saturated carbocycles. The zero-order valence-corrected chi connectivity index (χ0v) is 11.6. The van der Waals surface area contributed by atoms with E-state index < -0.39 is 0 Å². The Hall–Kier alpha value is 0.150. The number of fused-ring (bicyclic) bond motifs is 1. The second-order valence-corrected chi connectivity index (χ2v) is 7.32. The Morgan fingerprint density at radius 1 is 1.27 bits per heavy atom. The molecule has 1 nitrogen and oxygen atoms in total. The smallest absolute Gasteiger partial charge is 0.152 e. The zero-order valence-electron chi connectivity index (χ0n) is 9.98. The van der Waals surface area contributed by atoms with Gasteiger partial charge in [0.15, 0.2) is 5.78 Å². The van der Waals surface area contributed by atoms with Gasteiger partial charge in [0, 0.05) is 5.41 Å². The van der Waals surface area contributed by atoms with Crippen molar-refractivity contribution in [2.45, 2.75) is 57.7 Å². The summed E-state index contributed by atoms with van der Waals surface area (Å²) in [5.74, 6) is 1.02. The summed E-state index contributed by atoms with van der Waals surface area (Å²) in [5.41, 5.74) is 0.269. The fourth-order valence-electron chi connectivity index (χ4n) is 3.95. The third-order valence-corrected chi connectivity index (χ3v) is 5.51. The fourth-order valence-corrected chi connectivity index (χ4v) is 5.28. The molecule has 3 atom stereocenters. The minimum absolute atomic E-state index is 0.0897. The number of halogens is 1. The number of alkyl halides is 1. The molecule has 15 heavy (non-hydrogen) atoms. The van der Waals surface area contributed by atoms with Gasteiger partial charge in [-0.15, -0.1) is 0 Å². The maximum atomic E-state index is 12.2. The summed E-state index contributed by atoms with van der Waals surface area (Å²) in [4.78, 5) is 12.3. The van der Waals surface area contributed by atoms with Crippen LogP contribution in [-0.2, 0) is 4.79 Å². The van der Waals surface area contributed by atoms with Crippen molar-refractivity contribution >= 4 is 21.7 Å². The summed E-state index contributed by atoms with van der Waals surface area (Å²) < 4.78 is 0. The number of carbonyl (C=O) groups excluding carboxylic acids is 1. The van der Waals surface area contributed by atoms with Crippen molar-refractivity contribution in [3.05, 3.63) is 0 Å². The second kappa shape index (κ2) is 3.58. The van der Waals surface area contributed by atoms with Crippen LogP contribution in [0.25, 0.3) is 0 Å². The monoisotopic (exact) mass is 272 g/mol. The molecule has 2 fully saturated rings. The molecule has 0 aromatic rings. The van der Waals surface area contributed by atoms with Gasteiger partial charge >= 0.3 is 0 Å². The van der Waals surface area contributed by atoms with Crippen molar-refractivity contribution in [3.63, 3.8) is 0 Å². The first-order valence-electron chi connectivity index (χ1n) is 6.06. The van der Waals surface area contributed by atoms with Gasteiger partial charge in [-0.25, -0.2) is 0 Å². The Labute approximate surface area is 101 Å². The largest absolute Gasteiger partial charge is 0.298 e. The van der Waals surface area contributed by atoms with Crippen molar-refractivity contribution < 1.29 is 4.79 Å². The minimum atomic E-state index is -0.123. The molecular formula is C13H21BrO. The van der Waals surface area contributed by atoms with E-state index in [1.165, 1.54) is 25.7 Å². The molecule has 2 rings (SSSR count). The van der Waals surface area contributed by atoms with Gasteiger partial charge < -0.3 is 0 Å². The summed E-state index contributed by atoms with van der Waals surface area (Å²) in [6.45, 7) is 6.69. The van der Waals surface area contributed by atoms with Crippen LogP contribution in [0.15, 0.2) is 0 Å². The quantitative estimate of drug-likeness (QED) is 0.611. The first-order valence-corrected chi connectivity index (χ1v) is 6.98. The summed E-state index contributed by atoms with van der Waals surface area (Å²) in [6, 6.07) is 0. The molecule has 2 aliphatic carbocycles. The van der Waals surface area contributed by atoms with Gasteiger partial charge in [0.1, 0.15) is 0 Å². The van der Waals surface area contributed by atoms with E-state index in [2.05, 4.69) is 36.7 Å². The first kappa shape index (κ1) is 11.6. The van der Waals surface area contributed by atoms with Crippen LogP contribution in [0.2, 0.25) is 0 Å². The Morgan fingerprint density at radius 2 is 1.93 bits per heavy atom. The van der Waals surface area contributed by atoms with E-state index in [1.54, 1.807) is 0 Å². The van der Waals surface area contributed by atoms with Gasteiger partial charge in [-0.2, -0.15) is 0 Å². The Kier molecular flexibility index (Phi) is 2.77. The molecule has 0 amide bonds. The van der Waals surface area contributed by atoms with Gasteiger partial charge in [0.2, 0.25) is 0 Å². The van der Waals surface area contributed by atoms with Crippen LogP contribution in [0, 0.1) is 16.7 Å². The summed E-state index contributed by atoms with van der Waals surface area (Å²) in [7, 11) is 0. The third-order valence-electron chi connectivity index (χ3n) is 4.77. The number of carbonyl (C=O) groups is 1. The van der Waals surface area contributed by atoms with E-state index in [4.69, 9.17) is 0 Å². The number of hydrogen-bond donors (Lipinski definition) is 0. The van der Waals surface area contributed by atoms with Crippen molar-refractivity contribution in [2.24, 2.45) is 16.7 Å². The lowest BCUT2D eigenvalue weighted by atomic mass is 9.51. The molecule has 2 heteroatoms. The van der Waals surface area contributed by atoms with E-state index in [0.29, 0.717) is 17.1 Å². The molecule has 1 unspecified atom stereocenters. The van der Waals surface area contributed by atoms with E-state index in [0.717, 1.165) is 6.42 Å². The first-order chi connectivity index (χ1) is 6.88. The Morgan fingerprint density at radius 3 is 2.60 bits per heavy atom.